The van der Waals surface area contributed by atoms with E-state index in [0.717, 1.165) is 13.2 Å². The molecule has 12 nitrogen and oxygen atoms in total. The first kappa shape index (κ1) is 27.8. The molecule has 1 aromatic heterocycles. The van der Waals surface area contributed by atoms with Gasteiger partial charge in [0.2, 0.25) is 5.78 Å². The fourth-order valence-electron chi connectivity index (χ4n) is 6.08. The average Bonchev–Trinajstić information content (AvgIpc) is 2.99. The van der Waals surface area contributed by atoms with Crippen molar-refractivity contribution in [1.82, 2.24) is 9.78 Å². The molecule has 0 radical (unpaired) electrons. The Hall–Kier alpha value is -5.39. The number of aromatic hydroxyl groups is 3. The predicted molar refractivity (Wildman–Crippen MR) is 152 cm³/mol. The number of hydrogen-bond acceptors (Lipinski definition) is 11. The summed E-state index contributed by atoms with van der Waals surface area (Å²) in [5, 5.41) is 38.9. The molecule has 0 aliphatic heterocycles. The Labute approximate surface area is 243 Å². The van der Waals surface area contributed by atoms with Crippen LogP contribution in [0.15, 0.2) is 23.1 Å². The summed E-state index contributed by atoms with van der Waals surface area (Å²) < 4.78 is 16.5. The highest BCUT2D eigenvalue weighted by atomic mass is 16.7. The van der Waals surface area contributed by atoms with Crippen molar-refractivity contribution in [2.75, 3.05) is 14.2 Å². The second kappa shape index (κ2) is 9.86. The molecule has 3 aromatic carbocycles. The molecule has 6 rings (SSSR count). The van der Waals surface area contributed by atoms with E-state index >= 15 is 0 Å². The van der Waals surface area contributed by atoms with Crippen molar-refractivity contribution in [2.45, 2.75) is 39.7 Å². The zero-order valence-electron chi connectivity index (χ0n) is 23.7. The highest BCUT2D eigenvalue weighted by Gasteiger charge is 2.42. The third kappa shape index (κ3) is 3.79. The van der Waals surface area contributed by atoms with Gasteiger partial charge in [0, 0.05) is 39.7 Å². The first-order chi connectivity index (χ1) is 20.5. The van der Waals surface area contributed by atoms with E-state index in [2.05, 4.69) is 9.84 Å². The molecule has 2 aliphatic rings. The molecule has 0 spiro atoms. The lowest BCUT2D eigenvalue weighted by Crippen LogP contribution is -2.25. The molecule has 0 bridgehead atoms. The molecular weight excluding hydrogens is 560 g/mol. The van der Waals surface area contributed by atoms with Gasteiger partial charge < -0.3 is 29.5 Å². The third-order valence-electron chi connectivity index (χ3n) is 8.05. The summed E-state index contributed by atoms with van der Waals surface area (Å²) in [4.78, 5) is 53.0. The van der Waals surface area contributed by atoms with Crippen molar-refractivity contribution in [3.05, 3.63) is 67.6 Å². The van der Waals surface area contributed by atoms with Crippen LogP contribution in [0.2, 0.25) is 0 Å². The summed E-state index contributed by atoms with van der Waals surface area (Å²) in [6, 6.07) is 2.83. The van der Waals surface area contributed by atoms with Crippen LogP contribution in [0.5, 0.6) is 28.7 Å². The van der Waals surface area contributed by atoms with Gasteiger partial charge in [-0.05, 0) is 43.9 Å². The summed E-state index contributed by atoms with van der Waals surface area (Å²) in [6.45, 7) is 3.62. The van der Waals surface area contributed by atoms with Crippen LogP contribution >= 0.6 is 0 Å². The second-order valence-corrected chi connectivity index (χ2v) is 10.4. The van der Waals surface area contributed by atoms with E-state index in [1.54, 1.807) is 6.07 Å². The minimum atomic E-state index is -1.11. The first-order valence-electron chi connectivity index (χ1n) is 13.5. The van der Waals surface area contributed by atoms with Crippen molar-refractivity contribution in [2.24, 2.45) is 0 Å². The number of rotatable bonds is 4. The average molecular weight is 587 g/mol. The van der Waals surface area contributed by atoms with Gasteiger partial charge in [-0.1, -0.05) is 6.92 Å². The largest absolute Gasteiger partial charge is 0.513 e. The van der Waals surface area contributed by atoms with Gasteiger partial charge in [-0.25, -0.2) is 9.48 Å². The van der Waals surface area contributed by atoms with Gasteiger partial charge in [0.25, 0.3) is 5.56 Å². The molecule has 1 heterocycles. The van der Waals surface area contributed by atoms with Crippen LogP contribution in [0, 0.1) is 6.92 Å². The molecule has 3 N–H and O–H groups in total. The van der Waals surface area contributed by atoms with Crippen LogP contribution in [0.3, 0.4) is 0 Å². The number of hydrogen-bond donors (Lipinski definition) is 3. The van der Waals surface area contributed by atoms with Crippen LogP contribution < -0.4 is 15.0 Å². The number of fused-ring (bicyclic) bond motifs is 6. The number of carbonyl (C=O) groups excluding carboxylic acids is 3. The van der Waals surface area contributed by atoms with Gasteiger partial charge in [-0.3, -0.25) is 14.4 Å². The standard InChI is InChI=1S/C31H26N2O10/c1-5-8-33-30(39)19-14(11-32-33)9-13-6-7-15-20(18(13)26(19)36)27(37)22-23(29(15)41-3)28(38)21-16(25(22)35)10-17(12(2)24(21)34)43-31(40)42-4/h9-11,34,36-37H,5-8H2,1-4H3. The van der Waals surface area contributed by atoms with Gasteiger partial charge in [-0.2, -0.15) is 5.10 Å². The Balaban J connectivity index is 1.66. The van der Waals surface area contributed by atoms with E-state index in [-0.39, 0.29) is 62.4 Å². The maximum atomic E-state index is 14.0. The molecule has 0 saturated heterocycles. The Morgan fingerprint density at radius 3 is 2.35 bits per heavy atom. The number of ketones is 2. The molecule has 0 saturated carbocycles. The van der Waals surface area contributed by atoms with E-state index < -0.39 is 40.3 Å². The summed E-state index contributed by atoms with van der Waals surface area (Å²) in [6.07, 6.45) is 1.65. The van der Waals surface area contributed by atoms with Gasteiger partial charge >= 0.3 is 6.16 Å². The number of aryl methyl sites for hydroxylation is 2. The minimum Gasteiger partial charge on any atom is -0.507 e. The van der Waals surface area contributed by atoms with E-state index in [0.29, 0.717) is 35.9 Å². The predicted octanol–water partition coefficient (Wildman–Crippen LogP) is 3.93. The number of phenols is 3. The zero-order chi connectivity index (χ0) is 30.9. The Morgan fingerprint density at radius 1 is 0.930 bits per heavy atom. The maximum Gasteiger partial charge on any atom is 0.513 e. The molecule has 2 aliphatic carbocycles. The maximum absolute atomic E-state index is 14.0. The van der Waals surface area contributed by atoms with Crippen LogP contribution in [-0.4, -0.2) is 57.0 Å². The smallest absolute Gasteiger partial charge is 0.507 e. The summed E-state index contributed by atoms with van der Waals surface area (Å²) in [5.41, 5.74) is -0.645. The molecule has 0 atom stereocenters. The Morgan fingerprint density at radius 2 is 1.67 bits per heavy atom. The number of carbonyl (C=O) groups is 3. The molecule has 0 amide bonds. The lowest BCUT2D eigenvalue weighted by atomic mass is 9.75. The molecule has 12 heteroatoms. The SMILES string of the molecule is CCCn1ncc2cc3c(c(O)c2c1=O)-c1c(O)c2c(c(OC)c1CC3)C(=O)c1c(cc(OC(=O)OC)c(C)c1O)C2=O. The van der Waals surface area contributed by atoms with Gasteiger partial charge in [0.15, 0.2) is 5.78 Å². The van der Waals surface area contributed by atoms with Gasteiger partial charge in [-0.15, -0.1) is 0 Å². The fourth-order valence-corrected chi connectivity index (χ4v) is 6.08. The van der Waals surface area contributed by atoms with Crippen LogP contribution in [-0.2, 0) is 24.1 Å². The second-order valence-electron chi connectivity index (χ2n) is 10.4. The molecular formula is C31H26N2O10. The number of nitrogens with zero attached hydrogens (tertiary/aromatic N) is 2. The Bertz CT molecular complexity index is 2010. The molecule has 4 aromatic rings. The number of benzene rings is 3. The number of ether oxygens (including phenoxy) is 3. The fraction of sp³-hybridized carbons (Fsp3) is 0.258. The molecule has 0 fully saturated rings. The van der Waals surface area contributed by atoms with Crippen molar-refractivity contribution in [3.8, 4) is 39.9 Å². The van der Waals surface area contributed by atoms with E-state index in [9.17, 15) is 34.5 Å². The van der Waals surface area contributed by atoms with Crippen molar-refractivity contribution in [3.63, 3.8) is 0 Å². The topological polar surface area (TPSA) is 174 Å². The highest BCUT2D eigenvalue weighted by molar-refractivity contribution is 6.32. The minimum absolute atomic E-state index is 0.00186. The summed E-state index contributed by atoms with van der Waals surface area (Å²) >= 11 is 0. The van der Waals surface area contributed by atoms with Crippen molar-refractivity contribution >= 4 is 28.5 Å². The molecule has 0 unspecified atom stereocenters. The Kier molecular flexibility index (Phi) is 6.37. The zero-order valence-corrected chi connectivity index (χ0v) is 23.7. The quantitative estimate of drug-likeness (QED) is 0.206. The number of aromatic nitrogens is 2. The lowest BCUT2D eigenvalue weighted by Gasteiger charge is -2.30. The third-order valence-corrected chi connectivity index (χ3v) is 8.05. The van der Waals surface area contributed by atoms with E-state index in [1.807, 2.05) is 6.92 Å². The molecule has 43 heavy (non-hydrogen) atoms. The van der Waals surface area contributed by atoms with Crippen LogP contribution in [0.1, 0.15) is 61.9 Å². The van der Waals surface area contributed by atoms with Crippen molar-refractivity contribution in [1.29, 1.82) is 0 Å². The van der Waals surface area contributed by atoms with Crippen LogP contribution in [0.4, 0.5) is 4.79 Å². The van der Waals surface area contributed by atoms with Crippen molar-refractivity contribution < 1.29 is 43.9 Å². The highest BCUT2D eigenvalue weighted by Crippen LogP contribution is 2.54. The molecule has 220 valence electrons. The first-order valence-corrected chi connectivity index (χ1v) is 13.5. The van der Waals surface area contributed by atoms with Gasteiger partial charge in [0.05, 0.1) is 42.5 Å². The van der Waals surface area contributed by atoms with E-state index in [4.69, 9.17) is 9.47 Å². The number of methoxy groups -OCH3 is 2. The van der Waals surface area contributed by atoms with Crippen LogP contribution in [0.25, 0.3) is 21.9 Å². The van der Waals surface area contributed by atoms with Gasteiger partial charge in [0.1, 0.15) is 28.7 Å². The van der Waals surface area contributed by atoms with E-state index in [1.165, 1.54) is 24.9 Å². The monoisotopic (exact) mass is 586 g/mol. The summed E-state index contributed by atoms with van der Waals surface area (Å²) in [5.74, 6) is -3.41. The lowest BCUT2D eigenvalue weighted by molar-refractivity contribution is 0.0970. The number of phenolic OH excluding ortho intramolecular Hbond substituents is 3. The normalized spacial score (nSPS) is 13.2. The summed E-state index contributed by atoms with van der Waals surface area (Å²) in [7, 11) is 2.39.